The molecule has 1 heterocycles. The van der Waals surface area contributed by atoms with Crippen LogP contribution < -0.4 is 5.32 Å². The number of imidazole rings is 1. The Labute approximate surface area is 119 Å². The lowest BCUT2D eigenvalue weighted by molar-refractivity contribution is 0.529. The largest absolute Gasteiger partial charge is 0.338 e. The molecule has 0 bridgehead atoms. The Hall–Kier alpha value is -1.32. The molecule has 1 N–H and O–H groups in total. The Bertz CT molecular complexity index is 548. The molecule has 0 saturated carbocycles. The van der Waals surface area contributed by atoms with Gasteiger partial charge in [0, 0.05) is 36.9 Å². The van der Waals surface area contributed by atoms with E-state index in [9.17, 15) is 0 Å². The number of hydrogen-bond acceptors (Lipinski definition) is 2. The summed E-state index contributed by atoms with van der Waals surface area (Å²) in [6.07, 6.45) is 4.63. The van der Waals surface area contributed by atoms with E-state index in [0.717, 1.165) is 29.4 Å². The van der Waals surface area contributed by atoms with Gasteiger partial charge in [0.1, 0.15) is 5.82 Å². The Morgan fingerprint density at radius 3 is 2.79 bits per heavy atom. The predicted octanol–water partition coefficient (Wildman–Crippen LogP) is 3.28. The molecule has 0 aliphatic carbocycles. The Balaban J connectivity index is 2.27. The normalized spacial score (nSPS) is 12.6. The van der Waals surface area contributed by atoms with Crippen LogP contribution in [0.1, 0.15) is 29.9 Å². The molecule has 0 spiro atoms. The highest BCUT2D eigenvalue weighted by molar-refractivity contribution is 6.31. The minimum Gasteiger partial charge on any atom is -0.338 e. The zero-order valence-electron chi connectivity index (χ0n) is 11.7. The summed E-state index contributed by atoms with van der Waals surface area (Å²) >= 11 is 6.37. The molecule has 1 atom stereocenters. The van der Waals surface area contributed by atoms with E-state index in [2.05, 4.69) is 36.3 Å². The van der Waals surface area contributed by atoms with E-state index in [1.165, 1.54) is 5.56 Å². The predicted molar refractivity (Wildman–Crippen MR) is 79.5 cm³/mol. The van der Waals surface area contributed by atoms with Crippen molar-refractivity contribution >= 4 is 11.6 Å². The molecule has 0 saturated heterocycles. The molecule has 0 radical (unpaired) electrons. The first-order chi connectivity index (χ1) is 9.11. The summed E-state index contributed by atoms with van der Waals surface area (Å²) < 4.78 is 2.05. The molecule has 4 heteroatoms. The smallest absolute Gasteiger partial charge is 0.110 e. The first kappa shape index (κ1) is 14.1. The lowest BCUT2D eigenvalue weighted by atomic mass is 10.0. The number of nitrogens with one attached hydrogen (secondary N) is 1. The maximum Gasteiger partial charge on any atom is 0.110 e. The molecule has 1 aromatic heterocycles. The van der Waals surface area contributed by atoms with Crippen LogP contribution in [0.15, 0.2) is 30.6 Å². The summed E-state index contributed by atoms with van der Waals surface area (Å²) in [5.41, 5.74) is 2.32. The average Bonchev–Trinajstić information content (AvgIpc) is 2.75. The first-order valence-corrected chi connectivity index (χ1v) is 6.95. The van der Waals surface area contributed by atoms with Crippen LogP contribution in [0.3, 0.4) is 0 Å². The molecule has 3 nitrogen and oxygen atoms in total. The molecular formula is C15H20ClN3. The van der Waals surface area contributed by atoms with Crippen molar-refractivity contribution in [1.29, 1.82) is 0 Å². The van der Waals surface area contributed by atoms with E-state index in [-0.39, 0.29) is 6.04 Å². The van der Waals surface area contributed by atoms with Gasteiger partial charge in [-0.25, -0.2) is 4.98 Å². The van der Waals surface area contributed by atoms with Gasteiger partial charge >= 0.3 is 0 Å². The van der Waals surface area contributed by atoms with Crippen molar-refractivity contribution in [3.8, 4) is 0 Å². The third-order valence-electron chi connectivity index (χ3n) is 3.29. The standard InChI is InChI=1S/C15H20ClN3/c1-4-17-14(10-15-18-7-8-19(15)3)12-6-5-11(2)9-13(12)16/h5-9,14,17H,4,10H2,1-3H3. The average molecular weight is 278 g/mol. The summed E-state index contributed by atoms with van der Waals surface area (Å²) in [6.45, 7) is 5.06. The van der Waals surface area contributed by atoms with Gasteiger partial charge in [0.25, 0.3) is 0 Å². The number of likely N-dealkylation sites (N-methyl/N-ethyl adjacent to an activating group) is 1. The SMILES string of the molecule is CCNC(Cc1nccn1C)c1ccc(C)cc1Cl. The van der Waals surface area contributed by atoms with Gasteiger partial charge in [-0.15, -0.1) is 0 Å². The van der Waals surface area contributed by atoms with E-state index in [4.69, 9.17) is 11.6 Å². The molecule has 2 aromatic rings. The van der Waals surface area contributed by atoms with Crippen molar-refractivity contribution in [2.75, 3.05) is 6.54 Å². The summed E-state index contributed by atoms with van der Waals surface area (Å²) in [5.74, 6) is 1.06. The minimum atomic E-state index is 0.194. The van der Waals surface area contributed by atoms with Crippen LogP contribution in [0.25, 0.3) is 0 Å². The summed E-state index contributed by atoms with van der Waals surface area (Å²) in [6, 6.07) is 6.41. The van der Waals surface area contributed by atoms with Crippen LogP contribution in [-0.2, 0) is 13.5 Å². The van der Waals surface area contributed by atoms with Crippen molar-refractivity contribution in [3.05, 3.63) is 52.6 Å². The Morgan fingerprint density at radius 2 is 2.21 bits per heavy atom. The number of aryl methyl sites for hydroxylation is 2. The third kappa shape index (κ3) is 3.37. The summed E-state index contributed by atoms with van der Waals surface area (Å²) in [7, 11) is 2.02. The maximum absolute atomic E-state index is 6.37. The van der Waals surface area contributed by atoms with Gasteiger partial charge in [-0.2, -0.15) is 0 Å². The molecule has 19 heavy (non-hydrogen) atoms. The minimum absolute atomic E-state index is 0.194. The highest BCUT2D eigenvalue weighted by Gasteiger charge is 2.16. The van der Waals surface area contributed by atoms with E-state index in [1.807, 2.05) is 30.1 Å². The van der Waals surface area contributed by atoms with E-state index in [1.54, 1.807) is 0 Å². The van der Waals surface area contributed by atoms with Gasteiger partial charge in [-0.3, -0.25) is 0 Å². The molecule has 1 unspecified atom stereocenters. The zero-order chi connectivity index (χ0) is 13.8. The second kappa shape index (κ2) is 6.22. The molecular weight excluding hydrogens is 258 g/mol. The number of halogens is 1. The maximum atomic E-state index is 6.37. The molecule has 1 aromatic carbocycles. The van der Waals surface area contributed by atoms with E-state index < -0.39 is 0 Å². The zero-order valence-corrected chi connectivity index (χ0v) is 12.4. The van der Waals surface area contributed by atoms with Crippen LogP contribution in [0, 0.1) is 6.92 Å². The quantitative estimate of drug-likeness (QED) is 0.909. The topological polar surface area (TPSA) is 29.9 Å². The van der Waals surface area contributed by atoms with Crippen molar-refractivity contribution < 1.29 is 0 Å². The fourth-order valence-electron chi connectivity index (χ4n) is 2.23. The Kier molecular flexibility index (Phi) is 4.61. The van der Waals surface area contributed by atoms with Crippen molar-refractivity contribution in [2.45, 2.75) is 26.3 Å². The second-order valence-electron chi connectivity index (χ2n) is 4.79. The molecule has 0 aliphatic heterocycles. The monoisotopic (exact) mass is 277 g/mol. The van der Waals surface area contributed by atoms with Gasteiger partial charge in [0.05, 0.1) is 0 Å². The number of benzene rings is 1. The molecule has 0 fully saturated rings. The van der Waals surface area contributed by atoms with E-state index in [0.29, 0.717) is 0 Å². The van der Waals surface area contributed by atoms with Crippen LogP contribution in [-0.4, -0.2) is 16.1 Å². The van der Waals surface area contributed by atoms with E-state index >= 15 is 0 Å². The summed E-state index contributed by atoms with van der Waals surface area (Å²) in [5, 5.41) is 4.31. The molecule has 0 amide bonds. The number of aromatic nitrogens is 2. The molecule has 0 aliphatic rings. The summed E-state index contributed by atoms with van der Waals surface area (Å²) in [4.78, 5) is 4.39. The first-order valence-electron chi connectivity index (χ1n) is 6.57. The molecule has 102 valence electrons. The third-order valence-corrected chi connectivity index (χ3v) is 3.62. The van der Waals surface area contributed by atoms with Crippen LogP contribution in [0.2, 0.25) is 5.02 Å². The highest BCUT2D eigenvalue weighted by atomic mass is 35.5. The van der Waals surface area contributed by atoms with Crippen LogP contribution >= 0.6 is 11.6 Å². The fraction of sp³-hybridized carbons (Fsp3) is 0.400. The molecule has 2 rings (SSSR count). The van der Waals surface area contributed by atoms with Gasteiger partial charge < -0.3 is 9.88 Å². The van der Waals surface area contributed by atoms with Crippen molar-refractivity contribution in [1.82, 2.24) is 14.9 Å². The van der Waals surface area contributed by atoms with Gasteiger partial charge in [-0.1, -0.05) is 30.7 Å². The van der Waals surface area contributed by atoms with Crippen molar-refractivity contribution in [2.24, 2.45) is 7.05 Å². The number of rotatable bonds is 5. The Morgan fingerprint density at radius 1 is 1.42 bits per heavy atom. The number of hydrogen-bond donors (Lipinski definition) is 1. The van der Waals surface area contributed by atoms with Crippen molar-refractivity contribution in [3.63, 3.8) is 0 Å². The number of nitrogens with zero attached hydrogens (tertiary/aromatic N) is 2. The lowest BCUT2D eigenvalue weighted by Crippen LogP contribution is -2.24. The fourth-order valence-corrected chi connectivity index (χ4v) is 2.60. The van der Waals surface area contributed by atoms with Gasteiger partial charge in [0.15, 0.2) is 0 Å². The second-order valence-corrected chi connectivity index (χ2v) is 5.20. The highest BCUT2D eigenvalue weighted by Crippen LogP contribution is 2.26. The van der Waals surface area contributed by atoms with Gasteiger partial charge in [0.2, 0.25) is 0 Å². The van der Waals surface area contributed by atoms with Gasteiger partial charge in [-0.05, 0) is 30.7 Å². The lowest BCUT2D eigenvalue weighted by Gasteiger charge is -2.19. The van der Waals surface area contributed by atoms with Crippen LogP contribution in [0.4, 0.5) is 0 Å². The van der Waals surface area contributed by atoms with Crippen LogP contribution in [0.5, 0.6) is 0 Å².